The highest BCUT2D eigenvalue weighted by Gasteiger charge is 2.19. The highest BCUT2D eigenvalue weighted by Crippen LogP contribution is 2.23. The van der Waals surface area contributed by atoms with Crippen LogP contribution in [0.3, 0.4) is 0 Å². The van der Waals surface area contributed by atoms with Crippen molar-refractivity contribution in [1.82, 2.24) is 4.57 Å². The fourth-order valence-corrected chi connectivity index (χ4v) is 1.41. The monoisotopic (exact) mass is 218 g/mol. The number of aromatic nitrogens is 1. The molecule has 0 aliphatic rings. The molecule has 0 atom stereocenters. The van der Waals surface area contributed by atoms with Gasteiger partial charge in [0.05, 0.1) is 18.4 Å². The number of nitriles is 2. The zero-order valence-corrected chi connectivity index (χ0v) is 8.94. The molecule has 16 heavy (non-hydrogen) atoms. The Morgan fingerprint density at radius 3 is 2.56 bits per heavy atom. The van der Waals surface area contributed by atoms with Gasteiger partial charge in [0.1, 0.15) is 24.4 Å². The zero-order valence-electron chi connectivity index (χ0n) is 8.94. The Morgan fingerprint density at radius 1 is 1.50 bits per heavy atom. The molecule has 6 heteroatoms. The molecule has 0 aliphatic heterocycles. The van der Waals surface area contributed by atoms with Gasteiger partial charge in [-0.1, -0.05) is 0 Å². The fraction of sp³-hybridized carbons (Fsp3) is 0.300. The van der Waals surface area contributed by atoms with Crippen LogP contribution in [0.5, 0.6) is 0 Å². The highest BCUT2D eigenvalue weighted by molar-refractivity contribution is 5.72. The summed E-state index contributed by atoms with van der Waals surface area (Å²) < 4.78 is 5.87. The van der Waals surface area contributed by atoms with Crippen LogP contribution in [0.25, 0.3) is 0 Å². The molecule has 1 aromatic heterocycles. The van der Waals surface area contributed by atoms with Crippen molar-refractivity contribution in [1.29, 1.82) is 10.5 Å². The topological polar surface area (TPSA) is 105 Å². The molecule has 0 fully saturated rings. The van der Waals surface area contributed by atoms with Gasteiger partial charge in [-0.2, -0.15) is 10.5 Å². The first-order valence-electron chi connectivity index (χ1n) is 4.42. The maximum Gasteiger partial charge on any atom is 0.325 e. The summed E-state index contributed by atoms with van der Waals surface area (Å²) in [7, 11) is 1.25. The molecule has 0 amide bonds. The zero-order chi connectivity index (χ0) is 12.3. The lowest BCUT2D eigenvalue weighted by Crippen LogP contribution is -2.14. The van der Waals surface area contributed by atoms with Crippen molar-refractivity contribution in [2.75, 3.05) is 12.8 Å². The summed E-state index contributed by atoms with van der Waals surface area (Å²) in [4.78, 5) is 11.1. The van der Waals surface area contributed by atoms with Crippen LogP contribution in [-0.4, -0.2) is 17.6 Å². The van der Waals surface area contributed by atoms with Gasteiger partial charge >= 0.3 is 5.97 Å². The van der Waals surface area contributed by atoms with Crippen molar-refractivity contribution in [3.63, 3.8) is 0 Å². The summed E-state index contributed by atoms with van der Waals surface area (Å²) in [5.74, 6) is -0.501. The lowest BCUT2D eigenvalue weighted by atomic mass is 10.2. The molecular formula is C10H10N4O2. The Morgan fingerprint density at radius 2 is 2.12 bits per heavy atom. The second kappa shape index (κ2) is 4.37. The van der Waals surface area contributed by atoms with Crippen LogP contribution in [0, 0.1) is 29.6 Å². The highest BCUT2D eigenvalue weighted by atomic mass is 16.5. The first kappa shape index (κ1) is 11.6. The molecular weight excluding hydrogens is 208 g/mol. The van der Waals surface area contributed by atoms with Crippen LogP contribution in [0.4, 0.5) is 5.69 Å². The first-order chi connectivity index (χ1) is 7.56. The lowest BCUT2D eigenvalue weighted by molar-refractivity contribution is -0.141. The van der Waals surface area contributed by atoms with Crippen molar-refractivity contribution < 1.29 is 9.53 Å². The van der Waals surface area contributed by atoms with E-state index >= 15 is 0 Å². The molecule has 1 aromatic rings. The number of rotatable bonds is 2. The van der Waals surface area contributed by atoms with E-state index in [9.17, 15) is 4.79 Å². The average molecular weight is 218 g/mol. The van der Waals surface area contributed by atoms with Crippen LogP contribution >= 0.6 is 0 Å². The van der Waals surface area contributed by atoms with Crippen LogP contribution in [0.2, 0.25) is 0 Å². The van der Waals surface area contributed by atoms with Gasteiger partial charge in [0.2, 0.25) is 0 Å². The second-order valence-electron chi connectivity index (χ2n) is 3.11. The average Bonchev–Trinajstić information content (AvgIpc) is 2.50. The number of hydrogen-bond acceptors (Lipinski definition) is 5. The molecule has 0 radical (unpaired) electrons. The molecule has 0 unspecified atom stereocenters. The lowest BCUT2D eigenvalue weighted by Gasteiger charge is -2.05. The van der Waals surface area contributed by atoms with E-state index in [0.717, 1.165) is 0 Å². The summed E-state index contributed by atoms with van der Waals surface area (Å²) in [6.07, 6.45) is 0. The predicted octanol–water partition coefficient (Wildman–Crippen LogP) is 0.295. The van der Waals surface area contributed by atoms with Gasteiger partial charge in [-0.25, -0.2) is 0 Å². The Kier molecular flexibility index (Phi) is 3.17. The van der Waals surface area contributed by atoms with Gasteiger partial charge in [-0.05, 0) is 6.92 Å². The molecule has 1 rings (SSSR count). The number of carbonyl (C=O) groups excluding carboxylic acids is 1. The smallest absolute Gasteiger partial charge is 0.325 e. The number of carbonyl (C=O) groups is 1. The van der Waals surface area contributed by atoms with Gasteiger partial charge in [0.25, 0.3) is 0 Å². The van der Waals surface area contributed by atoms with Crippen LogP contribution in [-0.2, 0) is 16.1 Å². The van der Waals surface area contributed by atoms with E-state index in [0.29, 0.717) is 5.69 Å². The minimum atomic E-state index is -0.501. The molecule has 82 valence electrons. The summed E-state index contributed by atoms with van der Waals surface area (Å²) in [6, 6.07) is 3.77. The van der Waals surface area contributed by atoms with Crippen molar-refractivity contribution in [2.45, 2.75) is 13.5 Å². The van der Waals surface area contributed by atoms with E-state index in [1.165, 1.54) is 11.7 Å². The molecule has 0 spiro atoms. The van der Waals surface area contributed by atoms with Crippen LogP contribution in [0.1, 0.15) is 17.0 Å². The third-order valence-corrected chi connectivity index (χ3v) is 2.29. The molecule has 0 aromatic carbocycles. The Labute approximate surface area is 92.4 Å². The summed E-state index contributed by atoms with van der Waals surface area (Å²) >= 11 is 0. The van der Waals surface area contributed by atoms with Crippen molar-refractivity contribution >= 4 is 11.7 Å². The molecule has 0 saturated carbocycles. The van der Waals surface area contributed by atoms with Crippen LogP contribution in [0.15, 0.2) is 0 Å². The maximum atomic E-state index is 11.1. The van der Waals surface area contributed by atoms with E-state index in [4.69, 9.17) is 16.3 Å². The fourth-order valence-electron chi connectivity index (χ4n) is 1.41. The number of nitrogens with zero attached hydrogens (tertiary/aromatic N) is 3. The molecule has 1 heterocycles. The Balaban J connectivity index is 3.35. The SMILES string of the molecule is COC(=O)Cn1c(C)c(C#N)c(N)c1C#N. The van der Waals surface area contributed by atoms with Gasteiger partial charge < -0.3 is 15.0 Å². The third-order valence-electron chi connectivity index (χ3n) is 2.29. The minimum Gasteiger partial charge on any atom is -0.468 e. The molecule has 0 bridgehead atoms. The Bertz CT molecular complexity index is 516. The van der Waals surface area contributed by atoms with E-state index < -0.39 is 5.97 Å². The number of methoxy groups -OCH3 is 1. The summed E-state index contributed by atoms with van der Waals surface area (Å²) in [5, 5.41) is 17.8. The number of esters is 1. The normalized spacial score (nSPS) is 9.25. The molecule has 6 nitrogen and oxygen atoms in total. The van der Waals surface area contributed by atoms with E-state index in [-0.39, 0.29) is 23.5 Å². The number of nitrogens with two attached hydrogens (primary N) is 1. The predicted molar refractivity (Wildman–Crippen MR) is 55.0 cm³/mol. The standard InChI is InChI=1S/C10H10N4O2/c1-6-7(3-11)10(13)8(4-12)14(6)5-9(15)16-2/h5,13H2,1-2H3. The summed E-state index contributed by atoms with van der Waals surface area (Å²) in [6.45, 7) is 1.50. The largest absolute Gasteiger partial charge is 0.468 e. The first-order valence-corrected chi connectivity index (χ1v) is 4.42. The quantitative estimate of drug-likeness (QED) is 0.718. The van der Waals surface area contributed by atoms with E-state index in [1.54, 1.807) is 6.92 Å². The maximum absolute atomic E-state index is 11.1. The minimum absolute atomic E-state index is 0.103. The number of nitrogen functional groups attached to an aromatic ring is 1. The van der Waals surface area contributed by atoms with Gasteiger partial charge in [-0.15, -0.1) is 0 Å². The van der Waals surface area contributed by atoms with E-state index in [2.05, 4.69) is 4.74 Å². The van der Waals surface area contributed by atoms with Gasteiger partial charge in [0.15, 0.2) is 0 Å². The Hall–Kier alpha value is -2.47. The molecule has 0 aliphatic carbocycles. The second-order valence-corrected chi connectivity index (χ2v) is 3.11. The van der Waals surface area contributed by atoms with Gasteiger partial charge in [0, 0.05) is 5.69 Å². The van der Waals surface area contributed by atoms with Crippen molar-refractivity contribution in [3.05, 3.63) is 17.0 Å². The van der Waals surface area contributed by atoms with Gasteiger partial charge in [-0.3, -0.25) is 4.79 Å². The van der Waals surface area contributed by atoms with Crippen molar-refractivity contribution in [3.8, 4) is 12.1 Å². The number of anilines is 1. The number of ether oxygens (including phenoxy) is 1. The third kappa shape index (κ3) is 1.69. The molecule has 2 N–H and O–H groups in total. The van der Waals surface area contributed by atoms with Crippen molar-refractivity contribution in [2.24, 2.45) is 0 Å². The summed E-state index contributed by atoms with van der Waals surface area (Å²) in [5.41, 5.74) is 6.55. The van der Waals surface area contributed by atoms with Crippen LogP contribution < -0.4 is 5.73 Å². The molecule has 0 saturated heterocycles. The van der Waals surface area contributed by atoms with E-state index in [1.807, 2.05) is 12.1 Å². The number of hydrogen-bond donors (Lipinski definition) is 1.